The fourth-order valence-corrected chi connectivity index (χ4v) is 3.08. The molecular formula is C11H18N4OS. The first-order valence-corrected chi connectivity index (χ1v) is 6.98. The first-order chi connectivity index (χ1) is 8.25. The molecule has 1 aliphatic rings. The number of aromatic nitrogens is 2. The molecule has 0 aromatic carbocycles. The molecule has 17 heavy (non-hydrogen) atoms. The summed E-state index contributed by atoms with van der Waals surface area (Å²) in [6.45, 7) is 1.28. The molecule has 1 aromatic heterocycles. The standard InChI is InChI=1S/C11H18N4OS/c12-9-7-14-15(8-9)5-4-13-11(16)10-3-1-2-6-17-10/h7-8,10H,1-6,12H2,(H,13,16). The summed E-state index contributed by atoms with van der Waals surface area (Å²) in [6.07, 6.45) is 6.79. The lowest BCUT2D eigenvalue weighted by molar-refractivity contribution is -0.120. The largest absolute Gasteiger partial charge is 0.396 e. The Morgan fingerprint density at radius 3 is 3.18 bits per heavy atom. The number of nitrogens with two attached hydrogens (primary N) is 1. The quantitative estimate of drug-likeness (QED) is 0.836. The van der Waals surface area contributed by atoms with Gasteiger partial charge in [0.25, 0.3) is 0 Å². The van der Waals surface area contributed by atoms with Crippen molar-refractivity contribution in [1.82, 2.24) is 15.1 Å². The average molecular weight is 254 g/mol. The average Bonchev–Trinajstić information content (AvgIpc) is 2.76. The van der Waals surface area contributed by atoms with E-state index in [9.17, 15) is 4.79 Å². The number of amides is 1. The molecule has 3 N–H and O–H groups in total. The van der Waals surface area contributed by atoms with Crippen LogP contribution in [0, 0.1) is 0 Å². The molecule has 1 saturated heterocycles. The van der Waals surface area contributed by atoms with Gasteiger partial charge in [0.15, 0.2) is 0 Å². The third kappa shape index (κ3) is 3.66. The summed E-state index contributed by atoms with van der Waals surface area (Å²) in [6, 6.07) is 0. The van der Waals surface area contributed by atoms with Gasteiger partial charge in [-0.3, -0.25) is 9.48 Å². The van der Waals surface area contributed by atoms with Gasteiger partial charge in [-0.05, 0) is 18.6 Å². The van der Waals surface area contributed by atoms with Crippen molar-refractivity contribution in [3.63, 3.8) is 0 Å². The van der Waals surface area contributed by atoms with Gasteiger partial charge in [0, 0.05) is 12.7 Å². The van der Waals surface area contributed by atoms with Gasteiger partial charge >= 0.3 is 0 Å². The molecule has 1 unspecified atom stereocenters. The molecular weight excluding hydrogens is 236 g/mol. The van der Waals surface area contributed by atoms with E-state index in [1.165, 1.54) is 12.8 Å². The minimum absolute atomic E-state index is 0.145. The van der Waals surface area contributed by atoms with E-state index in [1.807, 2.05) is 0 Å². The van der Waals surface area contributed by atoms with Crippen LogP contribution in [0.2, 0.25) is 0 Å². The Bertz CT molecular complexity index is 373. The van der Waals surface area contributed by atoms with Crippen LogP contribution in [0.5, 0.6) is 0 Å². The van der Waals surface area contributed by atoms with E-state index in [0.29, 0.717) is 18.8 Å². The van der Waals surface area contributed by atoms with Gasteiger partial charge in [-0.1, -0.05) is 6.42 Å². The van der Waals surface area contributed by atoms with Crippen LogP contribution < -0.4 is 11.1 Å². The Balaban J connectivity index is 1.69. The van der Waals surface area contributed by atoms with Gasteiger partial charge in [0.05, 0.1) is 23.7 Å². The lowest BCUT2D eigenvalue weighted by Crippen LogP contribution is -2.36. The van der Waals surface area contributed by atoms with Gasteiger partial charge in [0.1, 0.15) is 0 Å². The van der Waals surface area contributed by atoms with Crippen LogP contribution in [-0.2, 0) is 11.3 Å². The van der Waals surface area contributed by atoms with Crippen LogP contribution in [0.3, 0.4) is 0 Å². The van der Waals surface area contributed by atoms with Crippen LogP contribution in [0.1, 0.15) is 19.3 Å². The highest BCUT2D eigenvalue weighted by Crippen LogP contribution is 2.24. The highest BCUT2D eigenvalue weighted by molar-refractivity contribution is 8.00. The highest BCUT2D eigenvalue weighted by Gasteiger charge is 2.20. The number of nitrogens with zero attached hydrogens (tertiary/aromatic N) is 2. The summed E-state index contributed by atoms with van der Waals surface area (Å²) in [7, 11) is 0. The fraction of sp³-hybridized carbons (Fsp3) is 0.636. The summed E-state index contributed by atoms with van der Waals surface area (Å²) in [5.41, 5.74) is 6.21. The molecule has 1 atom stereocenters. The summed E-state index contributed by atoms with van der Waals surface area (Å²) >= 11 is 1.77. The van der Waals surface area contributed by atoms with Gasteiger partial charge in [-0.15, -0.1) is 11.8 Å². The highest BCUT2D eigenvalue weighted by atomic mass is 32.2. The molecule has 1 fully saturated rings. The molecule has 6 heteroatoms. The molecule has 0 saturated carbocycles. The summed E-state index contributed by atoms with van der Waals surface area (Å²) in [4.78, 5) is 11.8. The molecule has 0 spiro atoms. The van der Waals surface area contributed by atoms with E-state index in [2.05, 4.69) is 10.4 Å². The summed E-state index contributed by atoms with van der Waals surface area (Å²) < 4.78 is 1.74. The number of hydrogen-bond donors (Lipinski definition) is 2. The first-order valence-electron chi connectivity index (χ1n) is 5.93. The third-order valence-electron chi connectivity index (χ3n) is 2.77. The minimum Gasteiger partial charge on any atom is -0.396 e. The lowest BCUT2D eigenvalue weighted by Gasteiger charge is -2.20. The fourth-order valence-electron chi connectivity index (χ4n) is 1.86. The zero-order valence-corrected chi connectivity index (χ0v) is 10.6. The predicted octanol–water partition coefficient (Wildman–Crippen LogP) is 0.867. The van der Waals surface area contributed by atoms with Crippen LogP contribution in [0.25, 0.3) is 0 Å². The summed E-state index contributed by atoms with van der Waals surface area (Å²) in [5, 5.41) is 7.15. The number of rotatable bonds is 4. The Morgan fingerprint density at radius 2 is 2.53 bits per heavy atom. The van der Waals surface area contributed by atoms with E-state index in [-0.39, 0.29) is 11.2 Å². The third-order valence-corrected chi connectivity index (χ3v) is 4.14. The van der Waals surface area contributed by atoms with Crippen molar-refractivity contribution in [3.8, 4) is 0 Å². The SMILES string of the molecule is Nc1cnn(CCNC(=O)C2CCCCS2)c1. The number of hydrogen-bond acceptors (Lipinski definition) is 4. The van der Waals surface area contributed by atoms with Crippen LogP contribution in [0.15, 0.2) is 12.4 Å². The van der Waals surface area contributed by atoms with Gasteiger partial charge < -0.3 is 11.1 Å². The van der Waals surface area contributed by atoms with Crippen molar-refractivity contribution >= 4 is 23.4 Å². The number of nitrogen functional groups attached to an aromatic ring is 1. The Kier molecular flexibility index (Phi) is 4.30. The van der Waals surface area contributed by atoms with Crippen LogP contribution in [0.4, 0.5) is 5.69 Å². The number of carbonyl (C=O) groups excluding carboxylic acids is 1. The molecule has 94 valence electrons. The molecule has 5 nitrogen and oxygen atoms in total. The molecule has 1 amide bonds. The molecule has 0 bridgehead atoms. The smallest absolute Gasteiger partial charge is 0.233 e. The predicted molar refractivity (Wildman–Crippen MR) is 69.7 cm³/mol. The monoisotopic (exact) mass is 254 g/mol. The second-order valence-electron chi connectivity index (χ2n) is 4.18. The molecule has 1 aliphatic heterocycles. The maximum Gasteiger partial charge on any atom is 0.233 e. The second-order valence-corrected chi connectivity index (χ2v) is 5.49. The maximum atomic E-state index is 11.8. The number of nitrogens with one attached hydrogen (secondary N) is 1. The Hall–Kier alpha value is -1.17. The van der Waals surface area contributed by atoms with Crippen molar-refractivity contribution in [3.05, 3.63) is 12.4 Å². The van der Waals surface area contributed by atoms with E-state index in [1.54, 1.807) is 28.8 Å². The van der Waals surface area contributed by atoms with Gasteiger partial charge in [0.2, 0.25) is 5.91 Å². The van der Waals surface area contributed by atoms with E-state index < -0.39 is 0 Å². The molecule has 0 aliphatic carbocycles. The van der Waals surface area contributed by atoms with Gasteiger partial charge in [-0.25, -0.2) is 0 Å². The van der Waals surface area contributed by atoms with Gasteiger partial charge in [-0.2, -0.15) is 5.10 Å². The molecule has 2 heterocycles. The minimum atomic E-state index is 0.145. The van der Waals surface area contributed by atoms with E-state index >= 15 is 0 Å². The van der Waals surface area contributed by atoms with Crippen molar-refractivity contribution in [1.29, 1.82) is 0 Å². The van der Waals surface area contributed by atoms with Crippen LogP contribution >= 0.6 is 11.8 Å². The summed E-state index contributed by atoms with van der Waals surface area (Å²) in [5.74, 6) is 1.27. The number of anilines is 1. The number of thioether (sulfide) groups is 1. The van der Waals surface area contributed by atoms with Crippen LogP contribution in [-0.4, -0.2) is 33.2 Å². The molecule has 0 radical (unpaired) electrons. The second kappa shape index (κ2) is 5.95. The van der Waals surface area contributed by atoms with Crippen molar-refractivity contribution in [2.24, 2.45) is 0 Å². The van der Waals surface area contributed by atoms with E-state index in [4.69, 9.17) is 5.73 Å². The van der Waals surface area contributed by atoms with Crippen molar-refractivity contribution in [2.75, 3.05) is 18.0 Å². The normalized spacial score (nSPS) is 20.1. The number of carbonyl (C=O) groups is 1. The zero-order chi connectivity index (χ0) is 12.1. The maximum absolute atomic E-state index is 11.8. The topological polar surface area (TPSA) is 72.9 Å². The van der Waals surface area contributed by atoms with E-state index in [0.717, 1.165) is 12.2 Å². The Morgan fingerprint density at radius 1 is 1.65 bits per heavy atom. The van der Waals surface area contributed by atoms with Crippen molar-refractivity contribution in [2.45, 2.75) is 31.1 Å². The first kappa shape index (κ1) is 12.3. The Labute approximate surface area is 105 Å². The lowest BCUT2D eigenvalue weighted by atomic mass is 10.2. The molecule has 1 aromatic rings. The van der Waals surface area contributed by atoms with Crippen molar-refractivity contribution < 1.29 is 4.79 Å². The zero-order valence-electron chi connectivity index (χ0n) is 9.76. The molecule has 2 rings (SSSR count).